The van der Waals surface area contributed by atoms with Gasteiger partial charge in [0, 0.05) is 0 Å². The highest BCUT2D eigenvalue weighted by Crippen LogP contribution is 2.27. The molecule has 0 heterocycles. The average molecular weight is 332 g/mol. The van der Waals surface area contributed by atoms with Crippen LogP contribution in [0.25, 0.3) is 0 Å². The molecule has 0 aromatic heterocycles. The van der Waals surface area contributed by atoms with Crippen molar-refractivity contribution < 1.29 is 14.3 Å². The SMILES string of the molecule is CC(C)OC(=O)c1ccc([C@@H](CCC(C)(C)C)NC(=O)C=N)cc1. The highest BCUT2D eigenvalue weighted by molar-refractivity contribution is 6.25. The lowest BCUT2D eigenvalue weighted by Crippen LogP contribution is -2.30. The molecule has 0 saturated heterocycles. The molecule has 1 atom stereocenters. The summed E-state index contributed by atoms with van der Waals surface area (Å²) in [6.07, 6.45) is 2.30. The first-order chi connectivity index (χ1) is 11.1. The molecule has 0 aliphatic heterocycles. The molecule has 5 heteroatoms. The van der Waals surface area contributed by atoms with Gasteiger partial charge in [-0.15, -0.1) is 0 Å². The molecule has 0 saturated carbocycles. The first-order valence-electron chi connectivity index (χ1n) is 8.24. The minimum atomic E-state index is -0.419. The van der Waals surface area contributed by atoms with E-state index in [0.29, 0.717) is 5.56 Å². The lowest BCUT2D eigenvalue weighted by molar-refractivity contribution is -0.115. The predicted octanol–water partition coefficient (Wildman–Crippen LogP) is 3.88. The fourth-order valence-corrected chi connectivity index (χ4v) is 2.25. The van der Waals surface area contributed by atoms with Gasteiger partial charge in [-0.05, 0) is 49.8 Å². The number of hydrogen-bond donors (Lipinski definition) is 2. The summed E-state index contributed by atoms with van der Waals surface area (Å²) in [5, 5.41) is 9.92. The summed E-state index contributed by atoms with van der Waals surface area (Å²) in [5.74, 6) is -0.775. The van der Waals surface area contributed by atoms with Crippen molar-refractivity contribution in [3.05, 3.63) is 35.4 Å². The fraction of sp³-hybridized carbons (Fsp3) is 0.526. The quantitative estimate of drug-likeness (QED) is 0.587. The molecule has 5 nitrogen and oxygen atoms in total. The lowest BCUT2D eigenvalue weighted by Gasteiger charge is -2.24. The second-order valence-corrected chi connectivity index (χ2v) is 7.38. The molecule has 0 radical (unpaired) electrons. The number of carbonyl (C=O) groups excluding carboxylic acids is 2. The highest BCUT2D eigenvalue weighted by atomic mass is 16.5. The van der Waals surface area contributed by atoms with Gasteiger partial charge in [-0.1, -0.05) is 32.9 Å². The molecular weight excluding hydrogens is 304 g/mol. The van der Waals surface area contributed by atoms with E-state index in [9.17, 15) is 9.59 Å². The third-order valence-electron chi connectivity index (χ3n) is 3.52. The Bertz CT molecular complexity index is 571. The van der Waals surface area contributed by atoms with Crippen molar-refractivity contribution in [2.24, 2.45) is 5.41 Å². The second-order valence-electron chi connectivity index (χ2n) is 7.38. The van der Waals surface area contributed by atoms with Gasteiger partial charge in [0.25, 0.3) is 5.91 Å². The van der Waals surface area contributed by atoms with Crippen LogP contribution in [0, 0.1) is 10.8 Å². The largest absolute Gasteiger partial charge is 0.459 e. The molecule has 1 aromatic rings. The van der Waals surface area contributed by atoms with Gasteiger partial charge in [0.15, 0.2) is 0 Å². The molecular formula is C19H28N2O3. The van der Waals surface area contributed by atoms with E-state index in [4.69, 9.17) is 10.1 Å². The predicted molar refractivity (Wildman–Crippen MR) is 95.3 cm³/mol. The summed E-state index contributed by atoms with van der Waals surface area (Å²) in [5.41, 5.74) is 1.55. The number of nitrogens with one attached hydrogen (secondary N) is 2. The summed E-state index contributed by atoms with van der Waals surface area (Å²) in [6.45, 7) is 10.1. The standard InChI is InChI=1S/C19H28N2O3/c1-13(2)24-18(23)15-8-6-14(7-9-15)16(21-17(22)12-20)10-11-19(3,4)5/h6-9,12-13,16,20H,10-11H2,1-5H3,(H,21,22)/t16-/m1/s1. The van der Waals surface area contributed by atoms with Crippen LogP contribution in [-0.2, 0) is 9.53 Å². The van der Waals surface area contributed by atoms with Gasteiger partial charge >= 0.3 is 5.97 Å². The first-order valence-corrected chi connectivity index (χ1v) is 8.24. The summed E-state index contributed by atoms with van der Waals surface area (Å²) in [4.78, 5) is 23.5. The Morgan fingerprint density at radius 1 is 1.21 bits per heavy atom. The summed E-state index contributed by atoms with van der Waals surface area (Å²) >= 11 is 0. The van der Waals surface area contributed by atoms with E-state index in [0.717, 1.165) is 24.6 Å². The van der Waals surface area contributed by atoms with E-state index in [1.807, 2.05) is 26.0 Å². The fourth-order valence-electron chi connectivity index (χ4n) is 2.25. The molecule has 24 heavy (non-hydrogen) atoms. The number of carbonyl (C=O) groups is 2. The van der Waals surface area contributed by atoms with Crippen molar-refractivity contribution in [2.75, 3.05) is 0 Å². The van der Waals surface area contributed by atoms with Crippen LogP contribution in [0.5, 0.6) is 0 Å². The number of rotatable bonds is 7. The van der Waals surface area contributed by atoms with Crippen molar-refractivity contribution in [3.8, 4) is 0 Å². The molecule has 0 aliphatic carbocycles. The Labute approximate surface area is 144 Å². The van der Waals surface area contributed by atoms with Crippen molar-refractivity contribution in [1.82, 2.24) is 5.32 Å². The van der Waals surface area contributed by atoms with Gasteiger partial charge in [0.1, 0.15) is 0 Å². The van der Waals surface area contributed by atoms with Gasteiger partial charge in [0.05, 0.1) is 23.9 Å². The van der Waals surface area contributed by atoms with E-state index in [2.05, 4.69) is 26.1 Å². The molecule has 0 bridgehead atoms. The van der Waals surface area contributed by atoms with E-state index in [-0.39, 0.29) is 23.5 Å². The van der Waals surface area contributed by atoms with Crippen LogP contribution in [0.2, 0.25) is 0 Å². The molecule has 1 aromatic carbocycles. The Hall–Kier alpha value is -2.17. The zero-order valence-corrected chi connectivity index (χ0v) is 15.2. The number of hydrogen-bond acceptors (Lipinski definition) is 4. The first kappa shape index (κ1) is 19.9. The van der Waals surface area contributed by atoms with Crippen LogP contribution < -0.4 is 5.32 Å². The maximum atomic E-state index is 11.9. The Morgan fingerprint density at radius 2 is 1.79 bits per heavy atom. The molecule has 1 rings (SSSR count). The van der Waals surface area contributed by atoms with Crippen molar-refractivity contribution in [1.29, 1.82) is 5.41 Å². The molecule has 0 fully saturated rings. The Morgan fingerprint density at radius 3 is 2.25 bits per heavy atom. The lowest BCUT2D eigenvalue weighted by atomic mass is 9.87. The molecule has 0 spiro atoms. The van der Waals surface area contributed by atoms with E-state index in [1.54, 1.807) is 12.1 Å². The monoisotopic (exact) mass is 332 g/mol. The molecule has 1 amide bonds. The maximum absolute atomic E-state index is 11.9. The van der Waals surface area contributed by atoms with Crippen molar-refractivity contribution >= 4 is 18.1 Å². The second kappa shape index (κ2) is 8.62. The smallest absolute Gasteiger partial charge is 0.338 e. The minimum Gasteiger partial charge on any atom is -0.459 e. The molecule has 132 valence electrons. The average Bonchev–Trinajstić information content (AvgIpc) is 2.49. The summed E-state index contributed by atoms with van der Waals surface area (Å²) < 4.78 is 5.17. The summed E-state index contributed by atoms with van der Waals surface area (Å²) in [7, 11) is 0. The summed E-state index contributed by atoms with van der Waals surface area (Å²) in [6, 6.07) is 6.89. The van der Waals surface area contributed by atoms with E-state index >= 15 is 0 Å². The number of ether oxygens (including phenoxy) is 1. The van der Waals surface area contributed by atoms with Crippen molar-refractivity contribution in [3.63, 3.8) is 0 Å². The Kier molecular flexibility index (Phi) is 7.14. The molecule has 2 N–H and O–H groups in total. The van der Waals surface area contributed by atoms with Gasteiger partial charge in [-0.3, -0.25) is 4.79 Å². The molecule has 0 unspecified atom stereocenters. The number of esters is 1. The van der Waals surface area contributed by atoms with Crippen LogP contribution in [-0.4, -0.2) is 24.2 Å². The van der Waals surface area contributed by atoms with Crippen molar-refractivity contribution in [2.45, 2.75) is 59.6 Å². The van der Waals surface area contributed by atoms with E-state index in [1.165, 1.54) is 0 Å². The minimum absolute atomic E-state index is 0.147. The highest BCUT2D eigenvalue weighted by Gasteiger charge is 2.19. The normalized spacial score (nSPS) is 12.6. The maximum Gasteiger partial charge on any atom is 0.338 e. The van der Waals surface area contributed by atoms with Crippen LogP contribution >= 0.6 is 0 Å². The zero-order chi connectivity index (χ0) is 18.3. The third-order valence-corrected chi connectivity index (χ3v) is 3.52. The van der Waals surface area contributed by atoms with Gasteiger partial charge in [-0.25, -0.2) is 4.79 Å². The Balaban J connectivity index is 2.90. The number of benzene rings is 1. The van der Waals surface area contributed by atoms with Gasteiger partial charge in [-0.2, -0.15) is 0 Å². The van der Waals surface area contributed by atoms with E-state index < -0.39 is 5.91 Å². The van der Waals surface area contributed by atoms with Crippen LogP contribution in [0.15, 0.2) is 24.3 Å². The third kappa shape index (κ3) is 6.94. The molecule has 0 aliphatic rings. The van der Waals surface area contributed by atoms with Crippen LogP contribution in [0.3, 0.4) is 0 Å². The van der Waals surface area contributed by atoms with Crippen LogP contribution in [0.1, 0.15) is 69.4 Å². The van der Waals surface area contributed by atoms with Gasteiger partial charge < -0.3 is 15.5 Å². The topological polar surface area (TPSA) is 79.2 Å². The number of amides is 1. The van der Waals surface area contributed by atoms with Crippen LogP contribution in [0.4, 0.5) is 0 Å². The zero-order valence-electron chi connectivity index (χ0n) is 15.2. The van der Waals surface area contributed by atoms with Gasteiger partial charge in [0.2, 0.25) is 0 Å².